The largest absolute Gasteiger partial charge is 0.342 e. The maximum Gasteiger partial charge on any atom is 0.186 e. The van der Waals surface area contributed by atoms with E-state index in [9.17, 15) is 4.79 Å². The number of nitrogens with one attached hydrogen (secondary N) is 1. The highest BCUT2D eigenvalue weighted by molar-refractivity contribution is 9.10. The fraction of sp³-hybridized carbons (Fsp3) is 0.0870. The molecule has 1 aliphatic rings. The molecule has 1 atom stereocenters. The summed E-state index contributed by atoms with van der Waals surface area (Å²) >= 11 is 6.15. The fourth-order valence-corrected chi connectivity index (χ4v) is 5.70. The van der Waals surface area contributed by atoms with Crippen LogP contribution < -0.4 is 0 Å². The lowest BCUT2D eigenvalue weighted by Gasteiger charge is -2.05. The van der Waals surface area contributed by atoms with Gasteiger partial charge in [-0.15, -0.1) is 11.3 Å². The molecular formula is C23H16BrN3OS2. The Labute approximate surface area is 190 Å². The molecule has 0 saturated carbocycles. The Bertz CT molecular complexity index is 1290. The van der Waals surface area contributed by atoms with Gasteiger partial charge in [0.05, 0.1) is 9.95 Å². The number of carbonyl (C=O) groups is 1. The first-order valence-corrected chi connectivity index (χ1v) is 11.8. The van der Waals surface area contributed by atoms with E-state index in [0.29, 0.717) is 15.0 Å². The Morgan fingerprint density at radius 1 is 1.17 bits per heavy atom. The smallest absolute Gasteiger partial charge is 0.186 e. The number of halogens is 1. The zero-order chi connectivity index (χ0) is 20.7. The number of ketones is 1. The zero-order valence-corrected chi connectivity index (χ0v) is 18.9. The summed E-state index contributed by atoms with van der Waals surface area (Å²) in [7, 11) is 0. The van der Waals surface area contributed by atoms with Crippen molar-refractivity contribution < 1.29 is 4.79 Å². The summed E-state index contributed by atoms with van der Waals surface area (Å²) in [4.78, 5) is 17.9. The Hall–Kier alpha value is -2.48. The average molecular weight is 494 g/mol. The van der Waals surface area contributed by atoms with Crippen molar-refractivity contribution in [3.05, 3.63) is 91.8 Å². The summed E-state index contributed by atoms with van der Waals surface area (Å²) < 4.78 is 3.27. The number of benzene rings is 2. The fourth-order valence-electron chi connectivity index (χ4n) is 3.64. The van der Waals surface area contributed by atoms with Gasteiger partial charge in [-0.25, -0.2) is 4.98 Å². The van der Waals surface area contributed by atoms with E-state index in [1.54, 1.807) is 6.20 Å². The van der Waals surface area contributed by atoms with E-state index in [1.165, 1.54) is 28.7 Å². The van der Waals surface area contributed by atoms with Gasteiger partial charge in [-0.1, -0.05) is 58.0 Å². The molecule has 4 nitrogen and oxygen atoms in total. The van der Waals surface area contributed by atoms with Crippen molar-refractivity contribution >= 4 is 66.8 Å². The number of hydrogen-bond donors (Lipinski definition) is 1. The van der Waals surface area contributed by atoms with Crippen molar-refractivity contribution in [1.29, 1.82) is 5.41 Å². The zero-order valence-electron chi connectivity index (χ0n) is 15.7. The van der Waals surface area contributed by atoms with Gasteiger partial charge in [0.25, 0.3) is 0 Å². The third-order valence-corrected chi connectivity index (χ3v) is 7.42. The van der Waals surface area contributed by atoms with Gasteiger partial charge >= 0.3 is 0 Å². The van der Waals surface area contributed by atoms with Crippen LogP contribution in [0.5, 0.6) is 0 Å². The first kappa shape index (κ1) is 19.5. The second-order valence-electron chi connectivity index (χ2n) is 7.00. The van der Waals surface area contributed by atoms with Gasteiger partial charge in [0.2, 0.25) is 0 Å². The quantitative estimate of drug-likeness (QED) is 0.338. The monoisotopic (exact) mass is 493 g/mol. The normalized spacial score (nSPS) is 18.0. The summed E-state index contributed by atoms with van der Waals surface area (Å²) in [5.74, 6) is -0.595. The number of thioether (sulfide) groups is 1. The Kier molecular flexibility index (Phi) is 5.18. The highest BCUT2D eigenvalue weighted by Crippen LogP contribution is 2.41. The minimum Gasteiger partial charge on any atom is -0.342 e. The topological polar surface area (TPSA) is 58.7 Å². The average Bonchev–Trinajstić information content (AvgIpc) is 3.44. The van der Waals surface area contributed by atoms with Crippen LogP contribution in [-0.4, -0.2) is 20.4 Å². The molecule has 0 amide bonds. The molecule has 1 aliphatic heterocycles. The van der Waals surface area contributed by atoms with Crippen molar-refractivity contribution in [2.45, 2.75) is 12.5 Å². The van der Waals surface area contributed by atoms with E-state index in [0.717, 1.165) is 27.5 Å². The molecular weight excluding hydrogens is 478 g/mol. The summed E-state index contributed by atoms with van der Waals surface area (Å²) in [5, 5.41) is 12.3. The predicted octanol–water partition coefficient (Wildman–Crippen LogP) is 6.33. The van der Waals surface area contributed by atoms with Gasteiger partial charge in [-0.3, -0.25) is 10.2 Å². The van der Waals surface area contributed by atoms with Crippen LogP contribution in [0.1, 0.15) is 22.1 Å². The SMILES string of the molecule is N=C1S/C(=C\c2cn(Cc3ccc(Br)cc3)c3ccccc23)C(=O)[C@@H]1c1nccs1. The molecule has 1 fully saturated rings. The number of nitrogens with zero attached hydrogens (tertiary/aromatic N) is 2. The highest BCUT2D eigenvalue weighted by Gasteiger charge is 2.38. The number of Topliss-reactive ketones (excluding diaryl/α,β-unsaturated/α-hetero) is 1. The molecule has 0 bridgehead atoms. The molecule has 3 heterocycles. The lowest BCUT2D eigenvalue weighted by Crippen LogP contribution is -2.11. The first-order valence-electron chi connectivity index (χ1n) is 9.34. The van der Waals surface area contributed by atoms with Gasteiger partial charge < -0.3 is 4.57 Å². The van der Waals surface area contributed by atoms with E-state index < -0.39 is 5.92 Å². The summed E-state index contributed by atoms with van der Waals surface area (Å²) in [6.45, 7) is 0.746. The first-order chi connectivity index (χ1) is 14.6. The van der Waals surface area contributed by atoms with Gasteiger partial charge in [0.1, 0.15) is 10.9 Å². The molecule has 7 heteroatoms. The second-order valence-corrected chi connectivity index (χ2v) is 9.92. The number of allylic oxidation sites excluding steroid dienone is 1. The third kappa shape index (κ3) is 3.57. The van der Waals surface area contributed by atoms with Crippen LogP contribution in [0.25, 0.3) is 17.0 Å². The summed E-state index contributed by atoms with van der Waals surface area (Å²) in [6.07, 6.45) is 5.70. The van der Waals surface area contributed by atoms with Crippen LogP contribution in [0.4, 0.5) is 0 Å². The van der Waals surface area contributed by atoms with E-state index in [1.807, 2.05) is 35.7 Å². The molecule has 2 aromatic carbocycles. The Morgan fingerprint density at radius 2 is 1.97 bits per heavy atom. The van der Waals surface area contributed by atoms with Crippen LogP contribution >= 0.6 is 39.0 Å². The van der Waals surface area contributed by atoms with E-state index in [-0.39, 0.29) is 5.78 Å². The van der Waals surface area contributed by atoms with Gasteiger partial charge in [0, 0.05) is 45.3 Å². The van der Waals surface area contributed by atoms with Crippen LogP contribution in [0.3, 0.4) is 0 Å². The molecule has 0 unspecified atom stereocenters. The lowest BCUT2D eigenvalue weighted by molar-refractivity contribution is -0.114. The molecule has 0 spiro atoms. The van der Waals surface area contributed by atoms with Crippen molar-refractivity contribution in [2.24, 2.45) is 0 Å². The number of thiazole rings is 1. The van der Waals surface area contributed by atoms with Crippen LogP contribution in [0.15, 0.2) is 75.7 Å². The van der Waals surface area contributed by atoms with E-state index in [2.05, 4.69) is 55.9 Å². The maximum absolute atomic E-state index is 13.0. The maximum atomic E-state index is 13.0. The predicted molar refractivity (Wildman–Crippen MR) is 128 cm³/mol. The number of carbonyl (C=O) groups excluding carboxylic acids is 1. The third-order valence-electron chi connectivity index (χ3n) is 5.06. The van der Waals surface area contributed by atoms with Crippen LogP contribution in [-0.2, 0) is 11.3 Å². The van der Waals surface area contributed by atoms with Crippen LogP contribution in [0, 0.1) is 5.41 Å². The van der Waals surface area contributed by atoms with Crippen molar-refractivity contribution in [3.63, 3.8) is 0 Å². The van der Waals surface area contributed by atoms with E-state index >= 15 is 0 Å². The molecule has 0 aliphatic carbocycles. The minimum atomic E-state index is -0.558. The Balaban J connectivity index is 1.53. The molecule has 148 valence electrons. The molecule has 4 aromatic rings. The van der Waals surface area contributed by atoms with Crippen molar-refractivity contribution in [1.82, 2.24) is 9.55 Å². The second kappa shape index (κ2) is 7.98. The highest BCUT2D eigenvalue weighted by atomic mass is 79.9. The summed E-state index contributed by atoms with van der Waals surface area (Å²) in [5.41, 5.74) is 3.32. The number of rotatable bonds is 4. The molecule has 0 radical (unpaired) electrons. The lowest BCUT2D eigenvalue weighted by atomic mass is 10.0. The van der Waals surface area contributed by atoms with Gasteiger partial charge in [-0.05, 0) is 29.8 Å². The molecule has 2 aromatic heterocycles. The molecule has 30 heavy (non-hydrogen) atoms. The van der Waals surface area contributed by atoms with Crippen molar-refractivity contribution in [3.8, 4) is 0 Å². The Morgan fingerprint density at radius 3 is 2.73 bits per heavy atom. The molecule has 1 saturated heterocycles. The molecule has 5 rings (SSSR count). The number of hydrogen-bond acceptors (Lipinski definition) is 5. The number of para-hydroxylation sites is 1. The van der Waals surface area contributed by atoms with Gasteiger partial charge in [0.15, 0.2) is 5.78 Å². The standard InChI is InChI=1S/C23H16BrN3OS2/c24-16-7-5-14(6-8-16)12-27-13-15(17-3-1-2-4-18(17)27)11-19-21(28)20(22(25)30-19)23-26-9-10-29-23/h1-11,13,20,25H,12H2/b19-11-,25-22?/t20-/m0/s1. The van der Waals surface area contributed by atoms with Crippen LogP contribution in [0.2, 0.25) is 0 Å². The molecule has 1 N–H and O–H groups in total. The number of aromatic nitrogens is 2. The van der Waals surface area contributed by atoms with E-state index in [4.69, 9.17) is 5.41 Å². The minimum absolute atomic E-state index is 0.0373. The van der Waals surface area contributed by atoms with Crippen molar-refractivity contribution in [2.75, 3.05) is 0 Å². The summed E-state index contributed by atoms with van der Waals surface area (Å²) in [6, 6.07) is 16.5. The van der Waals surface area contributed by atoms with Gasteiger partial charge in [-0.2, -0.15) is 0 Å². The number of fused-ring (bicyclic) bond motifs is 1.